The van der Waals surface area contributed by atoms with E-state index in [9.17, 15) is 0 Å². The van der Waals surface area contributed by atoms with Crippen molar-refractivity contribution in [1.29, 1.82) is 0 Å². The molecule has 3 N–H and O–H groups in total. The van der Waals surface area contributed by atoms with Gasteiger partial charge in [-0.3, -0.25) is 0 Å². The standard InChI is InChI=1S/C16H16N2O/c17-16(10-11-19-18-16)12-13-6-8-15(9-7-13)14-4-2-1-3-5-14/h1-11,18H,12,17H2. The molecule has 0 aliphatic carbocycles. The van der Waals surface area contributed by atoms with Gasteiger partial charge in [-0.25, -0.2) is 0 Å². The Bertz CT molecular complexity index is 577. The zero-order valence-corrected chi connectivity index (χ0v) is 10.5. The molecule has 0 radical (unpaired) electrons. The van der Waals surface area contributed by atoms with Crippen LogP contribution in [-0.2, 0) is 11.3 Å². The fraction of sp³-hybridized carbons (Fsp3) is 0.125. The predicted molar refractivity (Wildman–Crippen MR) is 75.9 cm³/mol. The maximum atomic E-state index is 6.12. The lowest BCUT2D eigenvalue weighted by Gasteiger charge is -2.20. The SMILES string of the molecule is NC1(Cc2ccc(-c3ccccc3)cc2)C=CON1. The third kappa shape index (κ3) is 2.67. The van der Waals surface area contributed by atoms with Crippen molar-refractivity contribution in [3.63, 3.8) is 0 Å². The molecule has 0 aromatic heterocycles. The quantitative estimate of drug-likeness (QED) is 0.882. The van der Waals surface area contributed by atoms with Crippen molar-refractivity contribution in [2.45, 2.75) is 12.1 Å². The van der Waals surface area contributed by atoms with E-state index in [4.69, 9.17) is 10.6 Å². The molecule has 1 unspecified atom stereocenters. The number of benzene rings is 2. The van der Waals surface area contributed by atoms with Gasteiger partial charge in [0.1, 0.15) is 11.9 Å². The smallest absolute Gasteiger partial charge is 0.126 e. The van der Waals surface area contributed by atoms with E-state index in [1.54, 1.807) is 6.26 Å². The van der Waals surface area contributed by atoms with Crippen LogP contribution in [-0.4, -0.2) is 5.66 Å². The van der Waals surface area contributed by atoms with Crippen molar-refractivity contribution in [1.82, 2.24) is 5.48 Å². The van der Waals surface area contributed by atoms with Crippen molar-refractivity contribution in [2.24, 2.45) is 5.73 Å². The van der Waals surface area contributed by atoms with Gasteiger partial charge in [-0.1, -0.05) is 54.6 Å². The molecule has 0 saturated carbocycles. The van der Waals surface area contributed by atoms with Crippen molar-refractivity contribution >= 4 is 0 Å². The second-order valence-electron chi connectivity index (χ2n) is 4.80. The predicted octanol–water partition coefficient (Wildman–Crippen LogP) is 2.60. The number of hydrogen-bond acceptors (Lipinski definition) is 3. The largest absolute Gasteiger partial charge is 0.415 e. The fourth-order valence-electron chi connectivity index (χ4n) is 2.21. The summed E-state index contributed by atoms with van der Waals surface area (Å²) >= 11 is 0. The molecule has 0 bridgehead atoms. The molecule has 3 heteroatoms. The zero-order valence-electron chi connectivity index (χ0n) is 10.5. The summed E-state index contributed by atoms with van der Waals surface area (Å²) in [5, 5.41) is 0. The van der Waals surface area contributed by atoms with Gasteiger partial charge in [0.25, 0.3) is 0 Å². The van der Waals surface area contributed by atoms with Gasteiger partial charge < -0.3 is 10.6 Å². The van der Waals surface area contributed by atoms with Crippen LogP contribution >= 0.6 is 0 Å². The molecule has 2 aromatic carbocycles. The average molecular weight is 252 g/mol. The lowest BCUT2D eigenvalue weighted by Crippen LogP contribution is -2.50. The van der Waals surface area contributed by atoms with E-state index in [0.717, 1.165) is 0 Å². The van der Waals surface area contributed by atoms with Gasteiger partial charge in [0.05, 0.1) is 0 Å². The molecule has 1 heterocycles. The third-order valence-corrected chi connectivity index (χ3v) is 3.24. The summed E-state index contributed by atoms with van der Waals surface area (Å²) in [5.74, 6) is 0. The Hall–Kier alpha value is -2.10. The normalized spacial score (nSPS) is 21.3. The number of rotatable bonds is 3. The van der Waals surface area contributed by atoms with Crippen LogP contribution in [0.3, 0.4) is 0 Å². The number of nitrogens with two attached hydrogens (primary N) is 1. The molecule has 0 fully saturated rings. The Morgan fingerprint density at radius 1 is 0.947 bits per heavy atom. The lowest BCUT2D eigenvalue weighted by molar-refractivity contribution is 0.101. The van der Waals surface area contributed by atoms with Gasteiger partial charge in [0.15, 0.2) is 0 Å². The van der Waals surface area contributed by atoms with E-state index in [1.165, 1.54) is 16.7 Å². The molecular formula is C16H16N2O. The highest BCUT2D eigenvalue weighted by molar-refractivity contribution is 5.63. The molecular weight excluding hydrogens is 236 g/mol. The van der Waals surface area contributed by atoms with E-state index in [-0.39, 0.29) is 0 Å². The zero-order chi connectivity index (χ0) is 13.1. The summed E-state index contributed by atoms with van der Waals surface area (Å²) in [5.41, 5.74) is 11.9. The third-order valence-electron chi connectivity index (χ3n) is 3.24. The van der Waals surface area contributed by atoms with Crippen LogP contribution < -0.4 is 11.2 Å². The van der Waals surface area contributed by atoms with Crippen LogP contribution in [0, 0.1) is 0 Å². The Balaban J connectivity index is 1.78. The summed E-state index contributed by atoms with van der Waals surface area (Å²) in [6, 6.07) is 18.8. The van der Waals surface area contributed by atoms with Gasteiger partial charge in [0, 0.05) is 6.42 Å². The first-order chi connectivity index (χ1) is 9.25. The fourth-order valence-corrected chi connectivity index (χ4v) is 2.21. The van der Waals surface area contributed by atoms with E-state index in [2.05, 4.69) is 41.9 Å². The molecule has 0 saturated heterocycles. The minimum absolute atomic E-state index is 0.603. The van der Waals surface area contributed by atoms with Crippen molar-refractivity contribution in [3.05, 3.63) is 72.5 Å². The maximum absolute atomic E-state index is 6.12. The minimum atomic E-state index is -0.603. The Morgan fingerprint density at radius 2 is 1.63 bits per heavy atom. The van der Waals surface area contributed by atoms with Gasteiger partial charge in [-0.2, -0.15) is 0 Å². The van der Waals surface area contributed by atoms with Crippen LogP contribution in [0.1, 0.15) is 5.56 Å². The van der Waals surface area contributed by atoms with Gasteiger partial charge in [-0.15, -0.1) is 5.48 Å². The summed E-state index contributed by atoms with van der Waals surface area (Å²) in [6.07, 6.45) is 4.11. The topological polar surface area (TPSA) is 47.3 Å². The molecule has 1 atom stereocenters. The van der Waals surface area contributed by atoms with Crippen molar-refractivity contribution in [3.8, 4) is 11.1 Å². The lowest BCUT2D eigenvalue weighted by atomic mass is 9.98. The van der Waals surface area contributed by atoms with E-state index in [1.807, 2.05) is 24.3 Å². The van der Waals surface area contributed by atoms with E-state index in [0.29, 0.717) is 6.42 Å². The van der Waals surface area contributed by atoms with Crippen LogP contribution in [0.25, 0.3) is 11.1 Å². The van der Waals surface area contributed by atoms with Crippen LogP contribution in [0.4, 0.5) is 0 Å². The first-order valence-corrected chi connectivity index (χ1v) is 6.29. The molecule has 3 nitrogen and oxygen atoms in total. The molecule has 96 valence electrons. The summed E-state index contributed by atoms with van der Waals surface area (Å²) in [6.45, 7) is 0. The van der Waals surface area contributed by atoms with Crippen LogP contribution in [0.5, 0.6) is 0 Å². The molecule has 1 aliphatic heterocycles. The van der Waals surface area contributed by atoms with E-state index < -0.39 is 5.66 Å². The number of nitrogens with one attached hydrogen (secondary N) is 1. The second-order valence-corrected chi connectivity index (χ2v) is 4.80. The first-order valence-electron chi connectivity index (χ1n) is 6.29. The average Bonchev–Trinajstić information content (AvgIpc) is 2.87. The Morgan fingerprint density at radius 3 is 2.26 bits per heavy atom. The van der Waals surface area contributed by atoms with Gasteiger partial charge in [-0.05, 0) is 22.8 Å². The van der Waals surface area contributed by atoms with Crippen LogP contribution in [0.15, 0.2) is 66.9 Å². The molecule has 2 aromatic rings. The summed E-state index contributed by atoms with van der Waals surface area (Å²) in [4.78, 5) is 4.97. The van der Waals surface area contributed by atoms with Gasteiger partial charge >= 0.3 is 0 Å². The summed E-state index contributed by atoms with van der Waals surface area (Å²) in [7, 11) is 0. The number of hydroxylamine groups is 1. The monoisotopic (exact) mass is 252 g/mol. The molecule has 19 heavy (non-hydrogen) atoms. The minimum Gasteiger partial charge on any atom is -0.415 e. The number of hydrogen-bond donors (Lipinski definition) is 2. The Labute approximate surface area is 112 Å². The molecule has 0 amide bonds. The highest BCUT2D eigenvalue weighted by Crippen LogP contribution is 2.21. The Kier molecular flexibility index (Phi) is 3.07. The van der Waals surface area contributed by atoms with E-state index >= 15 is 0 Å². The van der Waals surface area contributed by atoms with Crippen molar-refractivity contribution < 1.29 is 4.84 Å². The molecule has 1 aliphatic rings. The van der Waals surface area contributed by atoms with Crippen LogP contribution in [0.2, 0.25) is 0 Å². The maximum Gasteiger partial charge on any atom is 0.126 e. The molecule has 0 spiro atoms. The van der Waals surface area contributed by atoms with Gasteiger partial charge in [0.2, 0.25) is 0 Å². The molecule has 3 rings (SSSR count). The highest BCUT2D eigenvalue weighted by atomic mass is 16.6. The van der Waals surface area contributed by atoms with Crippen molar-refractivity contribution in [2.75, 3.05) is 0 Å². The highest BCUT2D eigenvalue weighted by Gasteiger charge is 2.26. The first kappa shape index (κ1) is 12.0. The second kappa shape index (κ2) is 4.88. The summed E-state index contributed by atoms with van der Waals surface area (Å²) < 4.78 is 0.